The van der Waals surface area contributed by atoms with Gasteiger partial charge in [0.05, 0.1) is 17.6 Å². The third-order valence-corrected chi connectivity index (χ3v) is 9.20. The van der Waals surface area contributed by atoms with Gasteiger partial charge in [0.2, 0.25) is 0 Å². The van der Waals surface area contributed by atoms with E-state index in [1.807, 2.05) is 17.0 Å². The molecule has 1 saturated carbocycles. The van der Waals surface area contributed by atoms with Crippen molar-refractivity contribution in [1.29, 1.82) is 0 Å². The molecule has 2 amide bonds. The number of rotatable bonds is 9. The summed E-state index contributed by atoms with van der Waals surface area (Å²) < 4.78 is 14.5. The molecule has 2 aromatic carbocycles. The number of halogens is 2. The quantitative estimate of drug-likeness (QED) is 0.291. The highest BCUT2D eigenvalue weighted by Gasteiger charge is 2.52. The highest BCUT2D eigenvalue weighted by Crippen LogP contribution is 2.50. The zero-order valence-electron chi connectivity index (χ0n) is 25.2. The SMILES string of the molecule is CCCCC(c1ccc(C(=O)NCc2nn[nH]n2)cc1)N1C(=O)C(c2ccc(Cl)c(F)c2)=NC12CCC(C(C)(C)C)CC2. The van der Waals surface area contributed by atoms with Crippen molar-refractivity contribution in [3.8, 4) is 0 Å². The zero-order valence-corrected chi connectivity index (χ0v) is 25.9. The summed E-state index contributed by atoms with van der Waals surface area (Å²) in [5, 5.41) is 16.4. The lowest BCUT2D eigenvalue weighted by atomic mass is 9.69. The number of nitrogens with one attached hydrogen (secondary N) is 2. The number of H-pyrrole nitrogens is 1. The number of aromatic nitrogens is 4. The van der Waals surface area contributed by atoms with Crippen LogP contribution < -0.4 is 5.32 Å². The monoisotopic (exact) mass is 607 g/mol. The minimum Gasteiger partial charge on any atom is -0.345 e. The third-order valence-electron chi connectivity index (χ3n) is 8.89. The lowest BCUT2D eigenvalue weighted by molar-refractivity contribution is -0.133. The van der Waals surface area contributed by atoms with Gasteiger partial charge in [0.1, 0.15) is 17.2 Å². The summed E-state index contributed by atoms with van der Waals surface area (Å²) in [5.41, 5.74) is 1.58. The van der Waals surface area contributed by atoms with Crippen LogP contribution in [0.5, 0.6) is 0 Å². The van der Waals surface area contributed by atoms with E-state index in [1.54, 1.807) is 18.2 Å². The molecule has 1 aliphatic heterocycles. The molecule has 43 heavy (non-hydrogen) atoms. The molecular formula is C32H39ClFN7O2. The number of tetrazole rings is 1. The van der Waals surface area contributed by atoms with Gasteiger partial charge >= 0.3 is 0 Å². The summed E-state index contributed by atoms with van der Waals surface area (Å²) in [4.78, 5) is 34.3. The van der Waals surface area contributed by atoms with Crippen LogP contribution in [0.4, 0.5) is 4.39 Å². The number of amides is 2. The molecule has 1 atom stereocenters. The number of aliphatic imine (C=N–C) groups is 1. The van der Waals surface area contributed by atoms with E-state index in [1.165, 1.54) is 12.1 Å². The fourth-order valence-corrected chi connectivity index (χ4v) is 6.51. The predicted octanol–water partition coefficient (Wildman–Crippen LogP) is 6.42. The first-order valence-corrected chi connectivity index (χ1v) is 15.4. The van der Waals surface area contributed by atoms with Gasteiger partial charge in [-0.15, -0.1) is 10.2 Å². The van der Waals surface area contributed by atoms with Gasteiger partial charge in [-0.25, -0.2) is 4.39 Å². The minimum absolute atomic E-state index is 0.00860. The molecule has 11 heteroatoms. The van der Waals surface area contributed by atoms with E-state index in [2.05, 4.69) is 53.6 Å². The molecule has 1 spiro atoms. The Morgan fingerprint density at radius 1 is 1.19 bits per heavy atom. The fraction of sp³-hybridized carbons (Fsp3) is 0.500. The molecule has 9 nitrogen and oxygen atoms in total. The largest absolute Gasteiger partial charge is 0.345 e. The van der Waals surface area contributed by atoms with Crippen LogP contribution >= 0.6 is 11.6 Å². The first kappa shape index (κ1) is 30.8. The van der Waals surface area contributed by atoms with Crippen LogP contribution in [0.15, 0.2) is 47.5 Å². The van der Waals surface area contributed by atoms with E-state index >= 15 is 0 Å². The smallest absolute Gasteiger partial charge is 0.275 e. The molecule has 2 N–H and O–H groups in total. The molecule has 2 heterocycles. The van der Waals surface area contributed by atoms with Crippen LogP contribution in [0, 0.1) is 17.2 Å². The number of unbranched alkanes of at least 4 members (excludes halogenated alkanes) is 1. The van der Waals surface area contributed by atoms with Gasteiger partial charge in [0.15, 0.2) is 5.82 Å². The Hall–Kier alpha value is -3.66. The van der Waals surface area contributed by atoms with Crippen LogP contribution in [0.1, 0.15) is 106 Å². The highest BCUT2D eigenvalue weighted by atomic mass is 35.5. The Morgan fingerprint density at radius 3 is 2.51 bits per heavy atom. The average Bonchev–Trinajstić information content (AvgIpc) is 3.60. The Bertz CT molecular complexity index is 1480. The van der Waals surface area contributed by atoms with Crippen molar-refractivity contribution in [2.45, 2.75) is 90.9 Å². The van der Waals surface area contributed by atoms with Crippen molar-refractivity contribution in [2.24, 2.45) is 16.3 Å². The Balaban J connectivity index is 1.47. The minimum atomic E-state index is -0.719. The lowest BCUT2D eigenvalue weighted by Gasteiger charge is -2.47. The van der Waals surface area contributed by atoms with Crippen LogP contribution in [0.25, 0.3) is 0 Å². The van der Waals surface area contributed by atoms with Crippen LogP contribution in [0.2, 0.25) is 5.02 Å². The van der Waals surface area contributed by atoms with E-state index in [-0.39, 0.29) is 40.6 Å². The number of aromatic amines is 1. The zero-order chi connectivity index (χ0) is 30.8. The van der Waals surface area contributed by atoms with Crippen LogP contribution in [-0.2, 0) is 11.3 Å². The number of hydrogen-bond donors (Lipinski definition) is 2. The summed E-state index contributed by atoms with van der Waals surface area (Å²) in [7, 11) is 0. The summed E-state index contributed by atoms with van der Waals surface area (Å²) in [5.74, 6) is -0.124. The molecule has 1 aliphatic carbocycles. The van der Waals surface area contributed by atoms with Gasteiger partial charge in [-0.2, -0.15) is 5.21 Å². The lowest BCUT2D eigenvalue weighted by Crippen LogP contribution is -2.51. The van der Waals surface area contributed by atoms with Crippen molar-refractivity contribution in [2.75, 3.05) is 0 Å². The van der Waals surface area contributed by atoms with Crippen molar-refractivity contribution < 1.29 is 14.0 Å². The summed E-state index contributed by atoms with van der Waals surface area (Å²) in [6, 6.07) is 11.6. The summed E-state index contributed by atoms with van der Waals surface area (Å²) >= 11 is 5.97. The summed E-state index contributed by atoms with van der Waals surface area (Å²) in [6.45, 7) is 9.08. The highest BCUT2D eigenvalue weighted by molar-refractivity contribution is 6.47. The first-order valence-electron chi connectivity index (χ1n) is 15.0. The maximum Gasteiger partial charge on any atom is 0.275 e. The molecule has 5 rings (SSSR count). The average molecular weight is 608 g/mol. The molecule has 0 radical (unpaired) electrons. The van der Waals surface area contributed by atoms with Crippen LogP contribution in [-0.4, -0.2) is 48.7 Å². The van der Waals surface area contributed by atoms with Crippen molar-refractivity contribution >= 4 is 29.1 Å². The predicted molar refractivity (Wildman–Crippen MR) is 163 cm³/mol. The number of hydrogen-bond acceptors (Lipinski definition) is 6. The standard InChI is InChI=1S/C32H39ClFN7O2/c1-5-6-7-26(20-8-10-21(11-9-20)29(42)35-19-27-37-39-40-38-27)41-30(43)28(22-12-13-24(33)25(34)18-22)36-32(41)16-14-23(15-17-32)31(2,3)4/h8-13,18,23,26H,5-7,14-17,19H2,1-4H3,(H,35,42)(H,37,38,39,40). The van der Waals surface area contributed by atoms with Gasteiger partial charge < -0.3 is 10.2 Å². The van der Waals surface area contributed by atoms with Crippen LogP contribution in [0.3, 0.4) is 0 Å². The molecule has 0 bridgehead atoms. The first-order chi connectivity index (χ1) is 20.5. The maximum atomic E-state index is 14.5. The van der Waals surface area contributed by atoms with Gasteiger partial charge in [-0.05, 0) is 73.3 Å². The van der Waals surface area contributed by atoms with E-state index < -0.39 is 11.5 Å². The second-order valence-corrected chi connectivity index (χ2v) is 13.1. The van der Waals surface area contributed by atoms with E-state index in [0.29, 0.717) is 22.9 Å². The summed E-state index contributed by atoms with van der Waals surface area (Å²) in [6.07, 6.45) is 5.97. The second kappa shape index (κ2) is 12.5. The molecule has 228 valence electrons. The maximum absolute atomic E-state index is 14.5. The Kier molecular flexibility index (Phi) is 8.96. The number of carbonyl (C=O) groups is 2. The number of carbonyl (C=O) groups excluding carboxylic acids is 2. The van der Waals surface area contributed by atoms with Gasteiger partial charge in [-0.1, -0.05) is 75.6 Å². The van der Waals surface area contributed by atoms with Gasteiger partial charge in [0.25, 0.3) is 11.8 Å². The van der Waals surface area contributed by atoms with E-state index in [0.717, 1.165) is 50.5 Å². The molecular weight excluding hydrogens is 569 g/mol. The fourth-order valence-electron chi connectivity index (χ4n) is 6.39. The molecule has 0 saturated heterocycles. The molecule has 1 unspecified atom stereocenters. The molecule has 1 fully saturated rings. The molecule has 1 aromatic heterocycles. The van der Waals surface area contributed by atoms with E-state index in [4.69, 9.17) is 16.6 Å². The number of nitrogens with zero attached hydrogens (tertiary/aromatic N) is 5. The number of benzene rings is 2. The third kappa shape index (κ3) is 6.49. The topological polar surface area (TPSA) is 116 Å². The van der Waals surface area contributed by atoms with Crippen molar-refractivity contribution in [1.82, 2.24) is 30.8 Å². The van der Waals surface area contributed by atoms with Crippen molar-refractivity contribution in [3.05, 3.63) is 75.8 Å². The van der Waals surface area contributed by atoms with Gasteiger partial charge in [0, 0.05) is 11.1 Å². The molecule has 3 aromatic rings. The van der Waals surface area contributed by atoms with Crippen molar-refractivity contribution in [3.63, 3.8) is 0 Å². The normalized spacial score (nSPS) is 21.3. The van der Waals surface area contributed by atoms with E-state index in [9.17, 15) is 14.0 Å². The second-order valence-electron chi connectivity index (χ2n) is 12.7. The Labute approximate surface area is 256 Å². The Morgan fingerprint density at radius 2 is 1.91 bits per heavy atom. The molecule has 2 aliphatic rings. The van der Waals surface area contributed by atoms with Gasteiger partial charge in [-0.3, -0.25) is 14.6 Å².